The fourth-order valence-electron chi connectivity index (χ4n) is 3.45. The number of carbonyl (C=O) groups is 2. The number of hydrogen-bond acceptors (Lipinski definition) is 4. The van der Waals surface area contributed by atoms with Crippen molar-refractivity contribution in [3.05, 3.63) is 75.3 Å². The summed E-state index contributed by atoms with van der Waals surface area (Å²) in [5.74, 6) is -0.634. The number of hydrogen-bond donors (Lipinski definition) is 2. The molecule has 1 heterocycles. The van der Waals surface area contributed by atoms with E-state index in [4.69, 9.17) is 11.6 Å². The Kier molecular flexibility index (Phi) is 5.65. The zero-order valence-corrected chi connectivity index (χ0v) is 17.4. The van der Waals surface area contributed by atoms with Crippen LogP contribution in [0.15, 0.2) is 48.5 Å². The smallest absolute Gasteiger partial charge is 0.257 e. The maximum atomic E-state index is 13.0. The molecule has 5 nitrogen and oxygen atoms in total. The number of fused-ring (bicyclic) bond motifs is 1. The summed E-state index contributed by atoms with van der Waals surface area (Å²) in [6.07, 6.45) is 2.51. The molecule has 2 N–H and O–H groups in total. The number of rotatable bonds is 4. The summed E-state index contributed by atoms with van der Waals surface area (Å²) >= 11 is 7.61. The maximum Gasteiger partial charge on any atom is 0.257 e. The molecule has 1 atom stereocenters. The molecule has 0 bridgehead atoms. The van der Waals surface area contributed by atoms with Crippen LogP contribution in [0.5, 0.6) is 0 Å². The molecule has 4 rings (SSSR count). The third-order valence-corrected chi connectivity index (χ3v) is 6.51. The molecule has 1 aromatic heterocycles. The van der Waals surface area contributed by atoms with Gasteiger partial charge in [-0.1, -0.05) is 35.9 Å². The summed E-state index contributed by atoms with van der Waals surface area (Å²) in [5, 5.41) is 7.00. The summed E-state index contributed by atoms with van der Waals surface area (Å²) in [5.41, 5.74) is 2.89. The summed E-state index contributed by atoms with van der Waals surface area (Å²) in [6, 6.07) is 14.5. The molecular weight excluding hydrogens is 406 g/mol. The van der Waals surface area contributed by atoms with E-state index in [1.807, 2.05) is 37.3 Å². The molecular formula is C22H20ClN3O2S. The first-order valence-corrected chi connectivity index (χ1v) is 10.6. The van der Waals surface area contributed by atoms with E-state index in [0.29, 0.717) is 21.4 Å². The van der Waals surface area contributed by atoms with Gasteiger partial charge in [0.15, 0.2) is 5.13 Å². The molecule has 2 amide bonds. The molecule has 29 heavy (non-hydrogen) atoms. The fourth-order valence-corrected chi connectivity index (χ4v) is 4.68. The van der Waals surface area contributed by atoms with Crippen LogP contribution >= 0.6 is 22.9 Å². The molecule has 7 heteroatoms. The largest absolute Gasteiger partial charge is 0.325 e. The van der Waals surface area contributed by atoms with Gasteiger partial charge in [-0.05, 0) is 56.0 Å². The van der Waals surface area contributed by atoms with Gasteiger partial charge >= 0.3 is 0 Å². The molecule has 2 aromatic carbocycles. The van der Waals surface area contributed by atoms with Crippen molar-refractivity contribution in [2.24, 2.45) is 0 Å². The Morgan fingerprint density at radius 1 is 1.10 bits per heavy atom. The third kappa shape index (κ3) is 4.18. The number of nitrogens with zero attached hydrogens (tertiary/aromatic N) is 1. The number of aromatic nitrogens is 1. The fraction of sp³-hybridized carbons (Fsp3) is 0.227. The van der Waals surface area contributed by atoms with Crippen LogP contribution in [0.25, 0.3) is 0 Å². The number of carbonyl (C=O) groups excluding carboxylic acids is 2. The summed E-state index contributed by atoms with van der Waals surface area (Å²) in [4.78, 5) is 31.0. The van der Waals surface area contributed by atoms with Crippen LogP contribution in [-0.4, -0.2) is 16.8 Å². The van der Waals surface area contributed by atoms with E-state index in [9.17, 15) is 9.59 Å². The summed E-state index contributed by atoms with van der Waals surface area (Å²) < 4.78 is 0. The molecule has 1 unspecified atom stereocenters. The van der Waals surface area contributed by atoms with E-state index in [-0.39, 0.29) is 17.7 Å². The van der Waals surface area contributed by atoms with Crippen LogP contribution in [-0.2, 0) is 11.2 Å². The van der Waals surface area contributed by atoms with Crippen molar-refractivity contribution >= 4 is 45.6 Å². The van der Waals surface area contributed by atoms with Gasteiger partial charge in [0.2, 0.25) is 5.91 Å². The van der Waals surface area contributed by atoms with E-state index in [1.54, 1.807) is 18.2 Å². The van der Waals surface area contributed by atoms with Crippen molar-refractivity contribution in [3.63, 3.8) is 0 Å². The molecule has 0 saturated carbocycles. The number of halogens is 1. The Balaban J connectivity index is 1.53. The Morgan fingerprint density at radius 2 is 1.90 bits per heavy atom. The minimum absolute atomic E-state index is 0.0949. The van der Waals surface area contributed by atoms with Gasteiger partial charge in [-0.25, -0.2) is 4.98 Å². The van der Waals surface area contributed by atoms with Gasteiger partial charge in [-0.2, -0.15) is 0 Å². The monoisotopic (exact) mass is 425 g/mol. The van der Waals surface area contributed by atoms with Gasteiger partial charge in [0.25, 0.3) is 5.91 Å². The molecule has 0 fully saturated rings. The van der Waals surface area contributed by atoms with Gasteiger partial charge in [0.1, 0.15) is 0 Å². The van der Waals surface area contributed by atoms with Crippen molar-refractivity contribution in [2.75, 3.05) is 10.6 Å². The summed E-state index contributed by atoms with van der Waals surface area (Å²) in [7, 11) is 0. The molecule has 3 aromatic rings. The topological polar surface area (TPSA) is 71.1 Å². The van der Waals surface area contributed by atoms with E-state index in [1.165, 1.54) is 11.3 Å². The zero-order valence-electron chi connectivity index (χ0n) is 15.9. The van der Waals surface area contributed by atoms with Crippen molar-refractivity contribution in [1.82, 2.24) is 4.98 Å². The first-order valence-electron chi connectivity index (χ1n) is 9.45. The van der Waals surface area contributed by atoms with Crippen LogP contribution in [0, 0.1) is 6.92 Å². The highest BCUT2D eigenvalue weighted by Crippen LogP contribution is 2.37. The normalized spacial score (nSPS) is 15.4. The molecule has 0 radical (unpaired) electrons. The Morgan fingerprint density at radius 3 is 2.69 bits per heavy atom. The van der Waals surface area contributed by atoms with Crippen LogP contribution in [0.4, 0.5) is 10.8 Å². The number of nitrogens with one attached hydrogen (secondary N) is 2. The molecule has 0 spiro atoms. The average Bonchev–Trinajstić information content (AvgIpc) is 3.14. The second-order valence-corrected chi connectivity index (χ2v) is 8.48. The Bertz CT molecular complexity index is 1070. The predicted molar refractivity (Wildman–Crippen MR) is 117 cm³/mol. The highest BCUT2D eigenvalue weighted by molar-refractivity contribution is 7.16. The zero-order chi connectivity index (χ0) is 20.4. The lowest BCUT2D eigenvalue weighted by Gasteiger charge is -2.21. The maximum absolute atomic E-state index is 13.0. The standard InChI is InChI=1S/C22H20ClN3O2S/c1-13-16(23)10-6-11-17(13)24-21(28)15-9-5-12-18-19(15)25-22(29-18)26-20(27)14-7-3-2-4-8-14/h2-4,6-8,10-11,15H,5,9,12H2,1H3,(H,24,28)(H,25,26,27). The second kappa shape index (κ2) is 8.35. The van der Waals surface area contributed by atoms with Gasteiger partial charge in [-0.3, -0.25) is 14.9 Å². The molecule has 1 aliphatic carbocycles. The lowest BCUT2D eigenvalue weighted by atomic mass is 9.90. The number of aryl methyl sites for hydroxylation is 1. The van der Waals surface area contributed by atoms with E-state index >= 15 is 0 Å². The quantitative estimate of drug-likeness (QED) is 0.586. The van der Waals surface area contributed by atoms with E-state index in [2.05, 4.69) is 15.6 Å². The molecule has 148 valence electrons. The lowest BCUT2D eigenvalue weighted by Crippen LogP contribution is -2.25. The number of thiazole rings is 1. The highest BCUT2D eigenvalue weighted by Gasteiger charge is 2.31. The predicted octanol–water partition coefficient (Wildman–Crippen LogP) is 5.42. The second-order valence-electron chi connectivity index (χ2n) is 6.99. The minimum Gasteiger partial charge on any atom is -0.325 e. The van der Waals surface area contributed by atoms with Crippen molar-refractivity contribution in [2.45, 2.75) is 32.1 Å². The van der Waals surface area contributed by atoms with Crippen molar-refractivity contribution in [1.29, 1.82) is 0 Å². The average molecular weight is 426 g/mol. The van der Waals surface area contributed by atoms with Gasteiger partial charge < -0.3 is 5.32 Å². The Hall–Kier alpha value is -2.70. The Labute approximate surface area is 178 Å². The van der Waals surface area contributed by atoms with Crippen LogP contribution < -0.4 is 10.6 Å². The van der Waals surface area contributed by atoms with Gasteiger partial charge in [0.05, 0.1) is 11.6 Å². The molecule has 0 saturated heterocycles. The summed E-state index contributed by atoms with van der Waals surface area (Å²) in [6.45, 7) is 1.88. The number of anilines is 2. The van der Waals surface area contributed by atoms with Crippen LogP contribution in [0.2, 0.25) is 5.02 Å². The number of amides is 2. The number of benzene rings is 2. The first kappa shape index (κ1) is 19.6. The van der Waals surface area contributed by atoms with Crippen LogP contribution in [0.1, 0.15) is 45.3 Å². The van der Waals surface area contributed by atoms with Crippen molar-refractivity contribution < 1.29 is 9.59 Å². The third-order valence-electron chi connectivity index (χ3n) is 5.05. The minimum atomic E-state index is -0.337. The lowest BCUT2D eigenvalue weighted by molar-refractivity contribution is -0.117. The van der Waals surface area contributed by atoms with Crippen molar-refractivity contribution in [3.8, 4) is 0 Å². The van der Waals surface area contributed by atoms with E-state index < -0.39 is 0 Å². The first-order chi connectivity index (χ1) is 14.0. The van der Waals surface area contributed by atoms with E-state index in [0.717, 1.165) is 35.4 Å². The highest BCUT2D eigenvalue weighted by atomic mass is 35.5. The molecule has 1 aliphatic rings. The molecule has 0 aliphatic heterocycles. The van der Waals surface area contributed by atoms with Gasteiger partial charge in [0, 0.05) is 21.2 Å². The van der Waals surface area contributed by atoms with Crippen LogP contribution in [0.3, 0.4) is 0 Å². The van der Waals surface area contributed by atoms with Gasteiger partial charge in [-0.15, -0.1) is 11.3 Å². The SMILES string of the molecule is Cc1c(Cl)cccc1NC(=O)C1CCCc2sc(NC(=O)c3ccccc3)nc21.